The Bertz CT molecular complexity index is 719. The van der Waals surface area contributed by atoms with E-state index in [-0.39, 0.29) is 5.88 Å². The van der Waals surface area contributed by atoms with Crippen molar-refractivity contribution >= 4 is 16.7 Å². The van der Waals surface area contributed by atoms with Gasteiger partial charge < -0.3 is 15.2 Å². The molecular formula is C16H15NO3. The lowest BCUT2D eigenvalue weighted by Gasteiger charge is -2.21. The average Bonchev–Trinajstić information content (AvgIpc) is 2.46. The Balaban J connectivity index is 2.05. The lowest BCUT2D eigenvalue weighted by Crippen LogP contribution is -2.23. The van der Waals surface area contributed by atoms with Gasteiger partial charge in [0, 0.05) is 17.4 Å². The van der Waals surface area contributed by atoms with Gasteiger partial charge in [-0.3, -0.25) is 0 Å². The normalized spacial score (nSPS) is 13.8. The van der Waals surface area contributed by atoms with Crippen LogP contribution in [0.2, 0.25) is 0 Å². The minimum absolute atomic E-state index is 0.132. The molecule has 0 amide bonds. The van der Waals surface area contributed by atoms with Gasteiger partial charge in [-0.05, 0) is 12.3 Å². The largest absolute Gasteiger partial charge is 0.462 e. The zero-order valence-corrected chi connectivity index (χ0v) is 11.2. The van der Waals surface area contributed by atoms with Crippen molar-refractivity contribution in [1.29, 1.82) is 0 Å². The highest BCUT2D eigenvalue weighted by Gasteiger charge is 2.25. The molecule has 4 heteroatoms. The number of nitrogens with two attached hydrogens (primary N) is 1. The van der Waals surface area contributed by atoms with Crippen LogP contribution in [0.5, 0.6) is 5.75 Å². The number of hydrogen-bond donors (Lipinski definition) is 1. The van der Waals surface area contributed by atoms with Crippen LogP contribution < -0.4 is 10.5 Å². The molecule has 0 bridgehead atoms. The zero-order chi connectivity index (χ0) is 14.1. The Morgan fingerprint density at radius 3 is 2.90 bits per heavy atom. The zero-order valence-electron chi connectivity index (χ0n) is 11.2. The Labute approximate surface area is 116 Å². The molecule has 102 valence electrons. The molecule has 2 aromatic rings. The smallest absolute Gasteiger partial charge is 0.339 e. The van der Waals surface area contributed by atoms with E-state index >= 15 is 0 Å². The van der Waals surface area contributed by atoms with Gasteiger partial charge in [-0.2, -0.15) is 0 Å². The number of carbonyl (C=O) groups is 1. The molecular weight excluding hydrogens is 254 g/mol. The van der Waals surface area contributed by atoms with Gasteiger partial charge in [-0.15, -0.1) is 0 Å². The van der Waals surface area contributed by atoms with E-state index < -0.39 is 5.97 Å². The summed E-state index contributed by atoms with van der Waals surface area (Å²) in [7, 11) is 0. The van der Waals surface area contributed by atoms with E-state index in [2.05, 4.69) is 0 Å². The summed E-state index contributed by atoms with van der Waals surface area (Å²) in [5, 5.41) is 2.08. The maximum atomic E-state index is 11.8. The summed E-state index contributed by atoms with van der Waals surface area (Å²) < 4.78 is 10.7. The molecule has 2 aromatic carbocycles. The number of carbonyl (C=O) groups excluding carboxylic acids is 1. The molecule has 0 spiro atoms. The Morgan fingerprint density at radius 1 is 1.30 bits per heavy atom. The molecule has 0 aliphatic carbocycles. The van der Waals surface area contributed by atoms with Crippen molar-refractivity contribution < 1.29 is 14.3 Å². The van der Waals surface area contributed by atoms with Crippen molar-refractivity contribution in [3.8, 4) is 5.75 Å². The highest BCUT2D eigenvalue weighted by molar-refractivity contribution is 5.94. The van der Waals surface area contributed by atoms with Gasteiger partial charge in [-0.1, -0.05) is 36.4 Å². The Hall–Kier alpha value is -2.49. The lowest BCUT2D eigenvalue weighted by molar-refractivity contribution is -0.138. The van der Waals surface area contributed by atoms with E-state index in [4.69, 9.17) is 15.2 Å². The minimum atomic E-state index is -0.413. The minimum Gasteiger partial charge on any atom is -0.462 e. The van der Waals surface area contributed by atoms with Crippen molar-refractivity contribution in [2.24, 2.45) is 5.73 Å². The van der Waals surface area contributed by atoms with Gasteiger partial charge in [0.25, 0.3) is 0 Å². The summed E-state index contributed by atoms with van der Waals surface area (Å²) in [5.74, 6) is 0.449. The third kappa shape index (κ3) is 1.99. The van der Waals surface area contributed by atoms with Gasteiger partial charge in [0.1, 0.15) is 11.3 Å². The predicted molar refractivity (Wildman–Crippen MR) is 76.1 cm³/mol. The second-order valence-electron chi connectivity index (χ2n) is 4.62. The van der Waals surface area contributed by atoms with Crippen LogP contribution >= 0.6 is 0 Å². The molecule has 0 fully saturated rings. The van der Waals surface area contributed by atoms with Crippen LogP contribution in [-0.4, -0.2) is 12.6 Å². The summed E-state index contributed by atoms with van der Waals surface area (Å²) in [6, 6.07) is 11.9. The number of hydrogen-bond acceptors (Lipinski definition) is 4. The van der Waals surface area contributed by atoms with Crippen molar-refractivity contribution in [2.75, 3.05) is 6.61 Å². The number of ether oxygens (including phenoxy) is 2. The Morgan fingerprint density at radius 2 is 2.10 bits per heavy atom. The van der Waals surface area contributed by atoms with Crippen LogP contribution in [0.25, 0.3) is 10.8 Å². The first-order chi connectivity index (χ1) is 9.70. The fourth-order valence-corrected chi connectivity index (χ4v) is 2.39. The van der Waals surface area contributed by atoms with Crippen molar-refractivity contribution in [2.45, 2.75) is 13.3 Å². The number of fused-ring (bicyclic) bond motifs is 3. The third-order valence-corrected chi connectivity index (χ3v) is 3.36. The van der Waals surface area contributed by atoms with E-state index in [0.717, 1.165) is 22.1 Å². The summed E-state index contributed by atoms with van der Waals surface area (Å²) in [6.07, 6.45) is 0.435. The van der Waals surface area contributed by atoms with E-state index in [0.29, 0.717) is 18.6 Å². The molecule has 2 N–H and O–H groups in total. The second-order valence-corrected chi connectivity index (χ2v) is 4.62. The molecule has 4 nitrogen and oxygen atoms in total. The average molecular weight is 269 g/mol. The lowest BCUT2D eigenvalue weighted by atomic mass is 9.98. The van der Waals surface area contributed by atoms with Crippen molar-refractivity contribution in [3.05, 3.63) is 53.4 Å². The SMILES string of the molecule is CCOC(=O)C1=C(N)Oc2c(ccc3ccccc23)C1. The van der Waals surface area contributed by atoms with Crippen LogP contribution in [0.15, 0.2) is 47.9 Å². The van der Waals surface area contributed by atoms with E-state index in [9.17, 15) is 4.79 Å². The molecule has 1 heterocycles. The molecule has 1 aliphatic rings. The van der Waals surface area contributed by atoms with Gasteiger partial charge in [0.2, 0.25) is 5.88 Å². The highest BCUT2D eigenvalue weighted by Crippen LogP contribution is 2.35. The number of rotatable bonds is 2. The molecule has 1 aliphatic heterocycles. The van der Waals surface area contributed by atoms with Gasteiger partial charge in [-0.25, -0.2) is 4.79 Å². The van der Waals surface area contributed by atoms with Gasteiger partial charge >= 0.3 is 5.97 Å². The first kappa shape index (κ1) is 12.5. The topological polar surface area (TPSA) is 61.5 Å². The third-order valence-electron chi connectivity index (χ3n) is 3.36. The first-order valence-corrected chi connectivity index (χ1v) is 6.55. The molecule has 20 heavy (non-hydrogen) atoms. The molecule has 0 saturated heterocycles. The van der Waals surface area contributed by atoms with Crippen LogP contribution in [0.3, 0.4) is 0 Å². The maximum absolute atomic E-state index is 11.8. The fraction of sp³-hybridized carbons (Fsp3) is 0.188. The Kier molecular flexibility index (Phi) is 3.06. The highest BCUT2D eigenvalue weighted by atomic mass is 16.5. The predicted octanol–water partition coefficient (Wildman–Crippen LogP) is 2.51. The second kappa shape index (κ2) is 4.89. The van der Waals surface area contributed by atoms with Crippen LogP contribution in [-0.2, 0) is 16.0 Å². The molecule has 0 unspecified atom stereocenters. The van der Waals surface area contributed by atoms with Gasteiger partial charge in [0.15, 0.2) is 0 Å². The van der Waals surface area contributed by atoms with Crippen molar-refractivity contribution in [3.63, 3.8) is 0 Å². The van der Waals surface area contributed by atoms with Gasteiger partial charge in [0.05, 0.1) is 6.61 Å². The molecule has 0 atom stereocenters. The summed E-state index contributed by atoms with van der Waals surface area (Å²) in [6.45, 7) is 2.08. The standard InChI is InChI=1S/C16H15NO3/c1-2-19-16(18)13-9-11-8-7-10-5-3-4-6-12(10)14(11)20-15(13)17/h3-8H,2,9,17H2,1H3. The monoisotopic (exact) mass is 269 g/mol. The molecule has 3 rings (SSSR count). The van der Waals surface area contributed by atoms with E-state index in [1.807, 2.05) is 36.4 Å². The van der Waals surface area contributed by atoms with E-state index in [1.165, 1.54) is 0 Å². The number of benzene rings is 2. The molecule has 0 radical (unpaired) electrons. The summed E-state index contributed by atoms with van der Waals surface area (Å²) >= 11 is 0. The van der Waals surface area contributed by atoms with Crippen molar-refractivity contribution in [1.82, 2.24) is 0 Å². The van der Waals surface area contributed by atoms with E-state index in [1.54, 1.807) is 6.92 Å². The van der Waals surface area contributed by atoms with Crippen LogP contribution in [0.1, 0.15) is 12.5 Å². The summed E-state index contributed by atoms with van der Waals surface area (Å²) in [4.78, 5) is 11.8. The van der Waals surface area contributed by atoms with Crippen LogP contribution in [0, 0.1) is 0 Å². The molecule has 0 aromatic heterocycles. The maximum Gasteiger partial charge on any atom is 0.339 e. The fourth-order valence-electron chi connectivity index (χ4n) is 2.39. The quantitative estimate of drug-likeness (QED) is 0.851. The van der Waals surface area contributed by atoms with Crippen LogP contribution in [0.4, 0.5) is 0 Å². The summed E-state index contributed by atoms with van der Waals surface area (Å²) in [5.41, 5.74) is 7.20. The molecule has 0 saturated carbocycles. The number of esters is 1. The first-order valence-electron chi connectivity index (χ1n) is 6.55.